The summed E-state index contributed by atoms with van der Waals surface area (Å²) in [6, 6.07) is 9.51. The highest BCUT2D eigenvalue weighted by Gasteiger charge is 2.48. The molecule has 3 rings (SSSR count). The Morgan fingerprint density at radius 1 is 1.15 bits per heavy atom. The molecule has 6 nitrogen and oxygen atoms in total. The molecular formula is C21H32N2O4. The van der Waals surface area contributed by atoms with E-state index in [2.05, 4.69) is 4.90 Å². The summed E-state index contributed by atoms with van der Waals surface area (Å²) in [6.07, 6.45) is 2.06. The fourth-order valence-corrected chi connectivity index (χ4v) is 4.49. The normalized spacial score (nSPS) is 22.3. The first kappa shape index (κ1) is 20.1. The van der Waals surface area contributed by atoms with Crippen LogP contribution >= 0.6 is 0 Å². The number of carbonyl (C=O) groups excluding carboxylic acids is 1. The number of hydrogen-bond donors (Lipinski definition) is 0. The molecule has 0 aliphatic carbocycles. The second-order valence-corrected chi connectivity index (χ2v) is 7.73. The van der Waals surface area contributed by atoms with E-state index in [1.165, 1.54) is 0 Å². The van der Waals surface area contributed by atoms with Crippen molar-refractivity contribution in [2.45, 2.75) is 12.8 Å². The number of amides is 1. The van der Waals surface area contributed by atoms with Crippen molar-refractivity contribution in [3.05, 3.63) is 30.3 Å². The average Bonchev–Trinajstić information content (AvgIpc) is 3.03. The van der Waals surface area contributed by atoms with Crippen LogP contribution in [0.15, 0.2) is 30.3 Å². The minimum absolute atomic E-state index is 0.0752. The topological polar surface area (TPSA) is 51.2 Å². The Bertz CT molecular complexity index is 587. The summed E-state index contributed by atoms with van der Waals surface area (Å²) in [5, 5.41) is 0. The van der Waals surface area contributed by atoms with E-state index in [4.69, 9.17) is 14.2 Å². The lowest BCUT2D eigenvalue weighted by Gasteiger charge is -2.42. The van der Waals surface area contributed by atoms with Crippen LogP contribution in [0, 0.1) is 11.3 Å². The van der Waals surface area contributed by atoms with Crippen LogP contribution in [-0.4, -0.2) is 82.5 Å². The highest BCUT2D eigenvalue weighted by Crippen LogP contribution is 2.44. The van der Waals surface area contributed by atoms with Gasteiger partial charge in [0.25, 0.3) is 5.91 Å². The minimum Gasteiger partial charge on any atom is -0.484 e. The van der Waals surface area contributed by atoms with Crippen LogP contribution in [0.2, 0.25) is 0 Å². The zero-order chi connectivity index (χ0) is 19.1. The molecule has 6 heteroatoms. The van der Waals surface area contributed by atoms with Gasteiger partial charge in [-0.05, 0) is 30.4 Å². The van der Waals surface area contributed by atoms with Crippen LogP contribution < -0.4 is 4.74 Å². The molecule has 0 unspecified atom stereocenters. The van der Waals surface area contributed by atoms with Gasteiger partial charge in [0.05, 0.1) is 13.2 Å². The van der Waals surface area contributed by atoms with Crippen molar-refractivity contribution in [3.63, 3.8) is 0 Å². The lowest BCUT2D eigenvalue weighted by atomic mass is 9.71. The number of para-hydroxylation sites is 1. The van der Waals surface area contributed by atoms with E-state index in [9.17, 15) is 4.79 Å². The number of piperidine rings is 1. The number of carbonyl (C=O) groups is 1. The van der Waals surface area contributed by atoms with E-state index in [0.29, 0.717) is 5.92 Å². The van der Waals surface area contributed by atoms with Crippen LogP contribution in [0.4, 0.5) is 0 Å². The van der Waals surface area contributed by atoms with Crippen molar-refractivity contribution < 1.29 is 19.0 Å². The Labute approximate surface area is 162 Å². The number of hydrogen-bond acceptors (Lipinski definition) is 5. The second-order valence-electron chi connectivity index (χ2n) is 7.73. The molecule has 2 aliphatic heterocycles. The number of benzene rings is 1. The molecule has 1 aromatic carbocycles. The summed E-state index contributed by atoms with van der Waals surface area (Å²) < 4.78 is 16.4. The second kappa shape index (κ2) is 9.53. The summed E-state index contributed by atoms with van der Waals surface area (Å²) in [5.74, 6) is 1.34. The number of methoxy groups -OCH3 is 2. The Kier molecular flexibility index (Phi) is 7.10. The van der Waals surface area contributed by atoms with Crippen LogP contribution in [0.3, 0.4) is 0 Å². The van der Waals surface area contributed by atoms with Crippen molar-refractivity contribution >= 4 is 5.91 Å². The van der Waals surface area contributed by atoms with Gasteiger partial charge in [-0.25, -0.2) is 0 Å². The molecule has 2 heterocycles. The highest BCUT2D eigenvalue weighted by molar-refractivity contribution is 5.77. The number of rotatable bonds is 8. The third-order valence-electron chi connectivity index (χ3n) is 6.08. The van der Waals surface area contributed by atoms with E-state index in [1.54, 1.807) is 14.2 Å². The molecule has 2 aliphatic rings. The minimum atomic E-state index is 0.0752. The van der Waals surface area contributed by atoms with Crippen molar-refractivity contribution in [2.75, 3.05) is 66.8 Å². The lowest BCUT2D eigenvalue weighted by molar-refractivity contribution is -0.136. The number of ether oxygens (including phenoxy) is 3. The molecule has 1 aromatic rings. The molecule has 1 amide bonds. The van der Waals surface area contributed by atoms with E-state index >= 15 is 0 Å². The smallest absolute Gasteiger partial charge is 0.260 e. The Hall–Kier alpha value is -1.63. The van der Waals surface area contributed by atoms with Gasteiger partial charge in [0.15, 0.2) is 6.61 Å². The molecule has 2 saturated heterocycles. The average molecular weight is 376 g/mol. The van der Waals surface area contributed by atoms with Gasteiger partial charge in [-0.3, -0.25) is 4.79 Å². The summed E-state index contributed by atoms with van der Waals surface area (Å²) >= 11 is 0. The predicted octanol–water partition coefficient (Wildman–Crippen LogP) is 1.90. The van der Waals surface area contributed by atoms with Gasteiger partial charge in [0, 0.05) is 52.9 Å². The first-order valence-electron chi connectivity index (χ1n) is 9.83. The van der Waals surface area contributed by atoms with Crippen molar-refractivity contribution in [2.24, 2.45) is 11.3 Å². The third kappa shape index (κ3) is 5.00. The molecule has 150 valence electrons. The van der Waals surface area contributed by atoms with Gasteiger partial charge in [-0.1, -0.05) is 18.2 Å². The molecule has 0 N–H and O–H groups in total. The molecule has 2 fully saturated rings. The van der Waals surface area contributed by atoms with E-state index < -0.39 is 0 Å². The summed E-state index contributed by atoms with van der Waals surface area (Å²) in [4.78, 5) is 17.0. The predicted molar refractivity (Wildman–Crippen MR) is 104 cm³/mol. The van der Waals surface area contributed by atoms with Crippen LogP contribution in [0.25, 0.3) is 0 Å². The molecule has 1 spiro atoms. The fourth-order valence-electron chi connectivity index (χ4n) is 4.49. The van der Waals surface area contributed by atoms with Gasteiger partial charge in [0.2, 0.25) is 0 Å². The van der Waals surface area contributed by atoms with Crippen LogP contribution in [0.1, 0.15) is 12.8 Å². The lowest BCUT2D eigenvalue weighted by Crippen LogP contribution is -2.48. The quantitative estimate of drug-likeness (QED) is 0.694. The number of likely N-dealkylation sites (tertiary alicyclic amines) is 2. The largest absolute Gasteiger partial charge is 0.484 e. The third-order valence-corrected chi connectivity index (χ3v) is 6.08. The molecule has 0 aromatic heterocycles. The van der Waals surface area contributed by atoms with Gasteiger partial charge < -0.3 is 24.0 Å². The van der Waals surface area contributed by atoms with Crippen molar-refractivity contribution in [3.8, 4) is 5.75 Å². The summed E-state index contributed by atoms with van der Waals surface area (Å²) in [7, 11) is 3.53. The van der Waals surface area contributed by atoms with E-state index in [-0.39, 0.29) is 17.9 Å². The van der Waals surface area contributed by atoms with Gasteiger partial charge in [-0.15, -0.1) is 0 Å². The standard InChI is InChI=1S/C21H32N2O4/c1-25-13-12-22-14-18(15-26-2)21(17-22)8-10-23(11-9-21)20(24)16-27-19-6-4-3-5-7-19/h3-7,18H,8-17H2,1-2H3/t18-/m0/s1. The van der Waals surface area contributed by atoms with Crippen molar-refractivity contribution in [1.29, 1.82) is 0 Å². The molecule has 0 radical (unpaired) electrons. The summed E-state index contributed by atoms with van der Waals surface area (Å²) in [6.45, 7) is 6.36. The highest BCUT2D eigenvalue weighted by atomic mass is 16.5. The monoisotopic (exact) mass is 376 g/mol. The van der Waals surface area contributed by atoms with Crippen LogP contribution in [0.5, 0.6) is 5.75 Å². The van der Waals surface area contributed by atoms with Gasteiger partial charge in [-0.2, -0.15) is 0 Å². The van der Waals surface area contributed by atoms with Gasteiger partial charge >= 0.3 is 0 Å². The molecule has 27 heavy (non-hydrogen) atoms. The zero-order valence-corrected chi connectivity index (χ0v) is 16.6. The zero-order valence-electron chi connectivity index (χ0n) is 16.6. The SMILES string of the molecule is COCCN1C[C@@H](COC)C2(CCN(C(=O)COc3ccccc3)CC2)C1. The molecule has 0 bridgehead atoms. The van der Waals surface area contributed by atoms with Crippen LogP contribution in [-0.2, 0) is 14.3 Å². The number of nitrogens with zero attached hydrogens (tertiary/aromatic N) is 2. The Morgan fingerprint density at radius 3 is 2.56 bits per heavy atom. The summed E-state index contributed by atoms with van der Waals surface area (Å²) in [5.41, 5.74) is 0.251. The first-order chi connectivity index (χ1) is 13.2. The molecule has 0 saturated carbocycles. The molecule has 1 atom stereocenters. The Balaban J connectivity index is 1.52. The van der Waals surface area contributed by atoms with Crippen molar-refractivity contribution in [1.82, 2.24) is 9.80 Å². The van der Waals surface area contributed by atoms with E-state index in [0.717, 1.165) is 64.5 Å². The fraction of sp³-hybridized carbons (Fsp3) is 0.667. The first-order valence-corrected chi connectivity index (χ1v) is 9.83. The maximum atomic E-state index is 12.5. The van der Waals surface area contributed by atoms with Gasteiger partial charge in [0.1, 0.15) is 5.75 Å². The Morgan fingerprint density at radius 2 is 1.89 bits per heavy atom. The molecular weight excluding hydrogens is 344 g/mol. The maximum Gasteiger partial charge on any atom is 0.260 e. The maximum absolute atomic E-state index is 12.5. The van der Waals surface area contributed by atoms with E-state index in [1.807, 2.05) is 35.2 Å².